The molecule has 0 spiro atoms. The number of fused-ring (bicyclic) bond motifs is 6. The van der Waals surface area contributed by atoms with Crippen LogP contribution in [0.15, 0.2) is 133 Å². The molecule has 2 N–H and O–H groups in total. The van der Waals surface area contributed by atoms with Crippen LogP contribution in [0.4, 0.5) is 0 Å². The molecular formula is C36H24N2. The minimum Gasteiger partial charge on any atom is -0.354 e. The third kappa shape index (κ3) is 3.21. The summed E-state index contributed by atoms with van der Waals surface area (Å²) in [5, 5.41) is 5.10. The Morgan fingerprint density at radius 3 is 1.11 bits per heavy atom. The van der Waals surface area contributed by atoms with Crippen LogP contribution in [0.5, 0.6) is 0 Å². The van der Waals surface area contributed by atoms with Crippen LogP contribution in [0.3, 0.4) is 0 Å². The van der Waals surface area contributed by atoms with Crippen molar-refractivity contribution >= 4 is 43.6 Å². The molecule has 0 amide bonds. The minimum absolute atomic E-state index is 1.17. The van der Waals surface area contributed by atoms with Crippen LogP contribution in [0.1, 0.15) is 0 Å². The van der Waals surface area contributed by atoms with Gasteiger partial charge in [0.1, 0.15) is 0 Å². The van der Waals surface area contributed by atoms with Crippen LogP contribution in [-0.2, 0) is 0 Å². The average molecular weight is 485 g/mol. The van der Waals surface area contributed by atoms with E-state index in [1.54, 1.807) is 0 Å². The summed E-state index contributed by atoms with van der Waals surface area (Å²) in [6, 6.07) is 48.0. The summed E-state index contributed by atoms with van der Waals surface area (Å²) in [5.41, 5.74) is 12.1. The lowest BCUT2D eigenvalue weighted by molar-refractivity contribution is 1.54. The van der Waals surface area contributed by atoms with Gasteiger partial charge in [-0.1, -0.05) is 109 Å². The van der Waals surface area contributed by atoms with Gasteiger partial charge in [0.15, 0.2) is 0 Å². The normalized spacial score (nSPS) is 11.7. The summed E-state index contributed by atoms with van der Waals surface area (Å²) in [7, 11) is 0. The smallest absolute Gasteiger partial charge is 0.0471 e. The Labute approximate surface area is 220 Å². The van der Waals surface area contributed by atoms with Gasteiger partial charge in [-0.3, -0.25) is 0 Å². The van der Waals surface area contributed by atoms with Gasteiger partial charge in [0.25, 0.3) is 0 Å². The number of hydrogen-bond acceptors (Lipinski definition) is 0. The van der Waals surface area contributed by atoms with E-state index in [-0.39, 0.29) is 0 Å². The van der Waals surface area contributed by atoms with Crippen LogP contribution in [0.25, 0.3) is 77.0 Å². The van der Waals surface area contributed by atoms with Crippen LogP contribution in [0, 0.1) is 0 Å². The monoisotopic (exact) mass is 484 g/mol. The molecule has 0 saturated heterocycles. The molecule has 0 atom stereocenters. The topological polar surface area (TPSA) is 31.6 Å². The zero-order valence-corrected chi connectivity index (χ0v) is 20.7. The second-order valence-corrected chi connectivity index (χ2v) is 9.95. The van der Waals surface area contributed by atoms with E-state index in [2.05, 4.69) is 143 Å². The van der Waals surface area contributed by atoms with Crippen LogP contribution in [0.2, 0.25) is 0 Å². The van der Waals surface area contributed by atoms with Crippen molar-refractivity contribution in [1.29, 1.82) is 0 Å². The molecule has 2 aromatic heterocycles. The Hall–Kier alpha value is -5.08. The Bertz CT molecular complexity index is 1950. The molecular weight excluding hydrogens is 460 g/mol. The van der Waals surface area contributed by atoms with Crippen molar-refractivity contribution in [1.82, 2.24) is 9.97 Å². The van der Waals surface area contributed by atoms with Gasteiger partial charge in [0, 0.05) is 43.6 Å². The van der Waals surface area contributed by atoms with Crippen molar-refractivity contribution in [3.63, 3.8) is 0 Å². The van der Waals surface area contributed by atoms with Crippen LogP contribution < -0.4 is 0 Å². The molecule has 2 heteroatoms. The molecule has 0 unspecified atom stereocenters. The summed E-state index contributed by atoms with van der Waals surface area (Å²) < 4.78 is 0. The largest absolute Gasteiger partial charge is 0.354 e. The van der Waals surface area contributed by atoms with Gasteiger partial charge in [0.05, 0.1) is 0 Å². The molecule has 0 fully saturated rings. The maximum absolute atomic E-state index is 3.56. The van der Waals surface area contributed by atoms with E-state index in [9.17, 15) is 0 Å². The Kier molecular flexibility index (Phi) is 4.55. The van der Waals surface area contributed by atoms with E-state index in [4.69, 9.17) is 0 Å². The van der Waals surface area contributed by atoms with Crippen molar-refractivity contribution < 1.29 is 0 Å². The molecule has 0 aliphatic heterocycles. The zero-order valence-electron chi connectivity index (χ0n) is 20.7. The average Bonchev–Trinajstić information content (AvgIpc) is 3.56. The highest BCUT2D eigenvalue weighted by molar-refractivity contribution is 6.15. The maximum atomic E-state index is 3.56. The molecule has 0 saturated carbocycles. The summed E-state index contributed by atoms with van der Waals surface area (Å²) in [6.07, 6.45) is 0. The SMILES string of the molecule is c1ccc2c(c1)[nH]c1cccc(-c3ccc(-c4ccc(-c5cccc6[nH]c7ccccc7c56)cc4)cc3)c12. The highest BCUT2D eigenvalue weighted by atomic mass is 14.7. The number of aromatic nitrogens is 2. The first kappa shape index (κ1) is 21.0. The van der Waals surface area contributed by atoms with Gasteiger partial charge < -0.3 is 9.97 Å². The zero-order chi connectivity index (χ0) is 25.1. The van der Waals surface area contributed by atoms with Crippen molar-refractivity contribution in [2.45, 2.75) is 0 Å². The van der Waals surface area contributed by atoms with E-state index < -0.39 is 0 Å². The lowest BCUT2D eigenvalue weighted by Crippen LogP contribution is -1.83. The van der Waals surface area contributed by atoms with E-state index in [0.717, 1.165) is 0 Å². The summed E-state index contributed by atoms with van der Waals surface area (Å²) in [6.45, 7) is 0. The molecule has 178 valence electrons. The predicted molar refractivity (Wildman–Crippen MR) is 161 cm³/mol. The van der Waals surface area contributed by atoms with Crippen LogP contribution >= 0.6 is 0 Å². The molecule has 2 heterocycles. The fourth-order valence-electron chi connectivity index (χ4n) is 5.97. The second kappa shape index (κ2) is 8.22. The van der Waals surface area contributed by atoms with Gasteiger partial charge in [0.2, 0.25) is 0 Å². The second-order valence-electron chi connectivity index (χ2n) is 9.95. The number of hydrogen-bond donors (Lipinski definition) is 2. The summed E-state index contributed by atoms with van der Waals surface area (Å²) in [5.74, 6) is 0. The third-order valence-electron chi connectivity index (χ3n) is 7.79. The highest BCUT2D eigenvalue weighted by Crippen LogP contribution is 2.37. The molecule has 8 rings (SSSR count). The molecule has 0 aliphatic carbocycles. The Balaban J connectivity index is 1.16. The van der Waals surface area contributed by atoms with E-state index in [0.29, 0.717) is 0 Å². The number of rotatable bonds is 3. The number of aromatic amines is 2. The fourth-order valence-corrected chi connectivity index (χ4v) is 5.97. The summed E-state index contributed by atoms with van der Waals surface area (Å²) in [4.78, 5) is 7.12. The van der Waals surface area contributed by atoms with E-state index in [1.807, 2.05) is 0 Å². The fraction of sp³-hybridized carbons (Fsp3) is 0. The molecule has 0 aliphatic rings. The maximum Gasteiger partial charge on any atom is 0.0471 e. The van der Waals surface area contributed by atoms with Crippen molar-refractivity contribution in [2.24, 2.45) is 0 Å². The number of nitrogens with one attached hydrogen (secondary N) is 2. The molecule has 38 heavy (non-hydrogen) atoms. The quantitative estimate of drug-likeness (QED) is 0.250. The third-order valence-corrected chi connectivity index (χ3v) is 7.79. The molecule has 0 radical (unpaired) electrons. The highest BCUT2D eigenvalue weighted by Gasteiger charge is 2.12. The molecule has 8 aromatic rings. The number of para-hydroxylation sites is 2. The molecule has 0 bridgehead atoms. The van der Waals surface area contributed by atoms with E-state index in [1.165, 1.54) is 77.0 Å². The standard InChI is InChI=1S/C36H24N2/c1-3-11-31-29(7-1)35-27(9-5-13-33(35)37-31)25-19-15-23(16-20-25)24-17-21-26(22-18-24)28-10-6-14-34-36(28)30-8-2-4-12-32(30)38-34/h1-22,37-38H. The lowest BCUT2D eigenvalue weighted by atomic mass is 9.95. The van der Waals surface area contributed by atoms with Gasteiger partial charge in [-0.2, -0.15) is 0 Å². The lowest BCUT2D eigenvalue weighted by Gasteiger charge is -2.09. The van der Waals surface area contributed by atoms with Gasteiger partial charge in [-0.25, -0.2) is 0 Å². The first-order valence-corrected chi connectivity index (χ1v) is 13.0. The van der Waals surface area contributed by atoms with Gasteiger partial charge in [-0.05, 0) is 57.6 Å². The molecule has 6 aromatic carbocycles. The number of H-pyrrole nitrogens is 2. The van der Waals surface area contributed by atoms with Crippen LogP contribution in [-0.4, -0.2) is 9.97 Å². The van der Waals surface area contributed by atoms with Crippen molar-refractivity contribution in [3.8, 4) is 33.4 Å². The summed E-state index contributed by atoms with van der Waals surface area (Å²) >= 11 is 0. The molecule has 2 nitrogen and oxygen atoms in total. The Morgan fingerprint density at radius 2 is 0.658 bits per heavy atom. The van der Waals surface area contributed by atoms with Gasteiger partial charge in [-0.15, -0.1) is 0 Å². The Morgan fingerprint density at radius 1 is 0.289 bits per heavy atom. The number of benzene rings is 6. The van der Waals surface area contributed by atoms with E-state index >= 15 is 0 Å². The first-order chi connectivity index (χ1) is 18.8. The van der Waals surface area contributed by atoms with Crippen molar-refractivity contribution in [2.75, 3.05) is 0 Å². The van der Waals surface area contributed by atoms with Gasteiger partial charge >= 0.3 is 0 Å². The predicted octanol–water partition coefficient (Wildman–Crippen LogP) is 9.96. The first-order valence-electron chi connectivity index (χ1n) is 13.0. The minimum atomic E-state index is 1.17. The van der Waals surface area contributed by atoms with Crippen molar-refractivity contribution in [3.05, 3.63) is 133 Å².